The van der Waals surface area contributed by atoms with Crippen LogP contribution in [0.1, 0.15) is 15.9 Å². The number of nitrogens with one attached hydrogen (secondary N) is 2. The first-order valence-corrected chi connectivity index (χ1v) is 7.12. The molecule has 0 aliphatic heterocycles. The number of nitrogens with zero attached hydrogens (tertiary/aromatic N) is 1. The summed E-state index contributed by atoms with van der Waals surface area (Å²) in [5, 5.41) is 0. The summed E-state index contributed by atoms with van der Waals surface area (Å²) in [4.78, 5) is 25.2. The molecule has 2 rings (SSSR count). The van der Waals surface area contributed by atoms with Gasteiger partial charge in [0.2, 0.25) is 0 Å². The molecule has 0 radical (unpaired) electrons. The number of carbonyl (C=O) groups excluding carboxylic acids is 2. The zero-order valence-electron chi connectivity index (χ0n) is 12.8. The van der Waals surface area contributed by atoms with Crippen LogP contribution in [-0.2, 0) is 11.3 Å². The molecule has 6 heteroatoms. The summed E-state index contributed by atoms with van der Waals surface area (Å²) in [6.07, 6.45) is 0. The molecule has 0 saturated carbocycles. The largest absolute Gasteiger partial charge is 0.293 e. The van der Waals surface area contributed by atoms with Crippen molar-refractivity contribution in [1.82, 2.24) is 15.8 Å². The number of likely N-dealkylation sites (N-methyl/N-ethyl adjacent to an activating group) is 1. The highest BCUT2D eigenvalue weighted by molar-refractivity contribution is 5.95. The molecule has 0 bridgehead atoms. The first-order chi connectivity index (χ1) is 11.1. The normalized spacial score (nSPS) is 10.4. The molecule has 0 aromatic heterocycles. The number of hydrazine groups is 1. The molecule has 120 valence electrons. The van der Waals surface area contributed by atoms with Crippen molar-refractivity contribution < 1.29 is 14.0 Å². The first-order valence-electron chi connectivity index (χ1n) is 7.12. The molecule has 23 heavy (non-hydrogen) atoms. The summed E-state index contributed by atoms with van der Waals surface area (Å²) in [6.45, 7) is 0.329. The minimum Gasteiger partial charge on any atom is -0.293 e. The zero-order chi connectivity index (χ0) is 16.7. The fourth-order valence-electron chi connectivity index (χ4n) is 2.05. The summed E-state index contributed by atoms with van der Waals surface area (Å²) in [6, 6.07) is 15.0. The third-order valence-corrected chi connectivity index (χ3v) is 3.16. The van der Waals surface area contributed by atoms with E-state index in [2.05, 4.69) is 10.9 Å². The van der Waals surface area contributed by atoms with Crippen molar-refractivity contribution in [1.29, 1.82) is 0 Å². The Kier molecular flexibility index (Phi) is 5.82. The number of hydrogen-bond acceptors (Lipinski definition) is 3. The maximum Gasteiger partial charge on any atom is 0.269 e. The van der Waals surface area contributed by atoms with E-state index in [1.54, 1.807) is 60.5 Å². The van der Waals surface area contributed by atoms with Gasteiger partial charge in [0, 0.05) is 17.7 Å². The van der Waals surface area contributed by atoms with Gasteiger partial charge in [0.05, 0.1) is 6.54 Å². The molecule has 5 nitrogen and oxygen atoms in total. The number of amides is 2. The maximum absolute atomic E-state index is 13.5. The van der Waals surface area contributed by atoms with Crippen LogP contribution in [0.15, 0.2) is 54.6 Å². The molecule has 0 atom stereocenters. The van der Waals surface area contributed by atoms with Crippen LogP contribution in [0, 0.1) is 5.82 Å². The lowest BCUT2D eigenvalue weighted by Gasteiger charge is -2.17. The summed E-state index contributed by atoms with van der Waals surface area (Å²) in [5.41, 5.74) is 5.64. The number of carbonyl (C=O) groups is 2. The average Bonchev–Trinajstić information content (AvgIpc) is 2.55. The van der Waals surface area contributed by atoms with Crippen molar-refractivity contribution in [3.05, 3.63) is 71.5 Å². The van der Waals surface area contributed by atoms with Gasteiger partial charge in [-0.2, -0.15) is 0 Å². The molecule has 0 heterocycles. The SMILES string of the molecule is CN(CC(=O)NNC(=O)c1ccccc1)Cc1ccccc1F. The van der Waals surface area contributed by atoms with Gasteiger partial charge >= 0.3 is 0 Å². The zero-order valence-corrected chi connectivity index (χ0v) is 12.8. The van der Waals surface area contributed by atoms with Crippen molar-refractivity contribution in [2.75, 3.05) is 13.6 Å². The van der Waals surface area contributed by atoms with Crippen molar-refractivity contribution in [2.24, 2.45) is 0 Å². The lowest BCUT2D eigenvalue weighted by atomic mass is 10.2. The summed E-state index contributed by atoms with van der Waals surface area (Å²) in [7, 11) is 1.70. The molecule has 0 spiro atoms. The molecule has 0 aliphatic carbocycles. The molecule has 0 aliphatic rings. The smallest absolute Gasteiger partial charge is 0.269 e. The molecule has 2 aromatic carbocycles. The third kappa shape index (κ3) is 5.19. The topological polar surface area (TPSA) is 61.4 Å². The van der Waals surface area contributed by atoms with Crippen molar-refractivity contribution >= 4 is 11.8 Å². The van der Waals surface area contributed by atoms with E-state index in [9.17, 15) is 14.0 Å². The predicted molar refractivity (Wildman–Crippen MR) is 84.8 cm³/mol. The second-order valence-corrected chi connectivity index (χ2v) is 5.13. The van der Waals surface area contributed by atoms with Gasteiger partial charge in [-0.25, -0.2) is 4.39 Å². The minimum atomic E-state index is -0.393. The minimum absolute atomic E-state index is 0.0312. The lowest BCUT2D eigenvalue weighted by Crippen LogP contribution is -2.45. The predicted octanol–water partition coefficient (Wildman–Crippen LogP) is 1.72. The van der Waals surface area contributed by atoms with Gasteiger partial charge in [-0.1, -0.05) is 36.4 Å². The molecule has 0 unspecified atom stereocenters. The molecule has 0 saturated heterocycles. The molecule has 0 fully saturated rings. The van der Waals surface area contributed by atoms with E-state index >= 15 is 0 Å². The van der Waals surface area contributed by atoms with Gasteiger partial charge < -0.3 is 0 Å². The second kappa shape index (κ2) is 8.05. The van der Waals surface area contributed by atoms with Crippen molar-refractivity contribution in [2.45, 2.75) is 6.54 Å². The quantitative estimate of drug-likeness (QED) is 0.826. The van der Waals surface area contributed by atoms with Gasteiger partial charge in [0.25, 0.3) is 11.8 Å². The fourth-order valence-corrected chi connectivity index (χ4v) is 2.05. The Morgan fingerprint density at radius 3 is 2.35 bits per heavy atom. The Morgan fingerprint density at radius 1 is 1.00 bits per heavy atom. The number of benzene rings is 2. The maximum atomic E-state index is 13.5. The van der Waals surface area contributed by atoms with E-state index in [1.165, 1.54) is 6.07 Å². The van der Waals surface area contributed by atoms with E-state index in [4.69, 9.17) is 0 Å². The highest BCUT2D eigenvalue weighted by Gasteiger charge is 2.11. The van der Waals surface area contributed by atoms with Crippen LogP contribution in [0.5, 0.6) is 0 Å². The Labute approximate surface area is 134 Å². The average molecular weight is 315 g/mol. The van der Waals surface area contributed by atoms with Crippen LogP contribution in [-0.4, -0.2) is 30.3 Å². The number of hydrogen-bond donors (Lipinski definition) is 2. The Bertz CT molecular complexity index is 677. The second-order valence-electron chi connectivity index (χ2n) is 5.13. The summed E-state index contributed by atoms with van der Waals surface area (Å²) >= 11 is 0. The lowest BCUT2D eigenvalue weighted by molar-refractivity contribution is -0.122. The van der Waals surface area contributed by atoms with Crippen LogP contribution >= 0.6 is 0 Å². The van der Waals surface area contributed by atoms with E-state index in [0.29, 0.717) is 17.7 Å². The monoisotopic (exact) mass is 315 g/mol. The van der Waals surface area contributed by atoms with Crippen LogP contribution in [0.4, 0.5) is 4.39 Å². The van der Waals surface area contributed by atoms with E-state index in [0.717, 1.165) is 0 Å². The molecule has 2 N–H and O–H groups in total. The summed E-state index contributed by atoms with van der Waals surface area (Å²) < 4.78 is 13.5. The van der Waals surface area contributed by atoms with Crippen LogP contribution in [0.25, 0.3) is 0 Å². The molecule has 2 aromatic rings. The van der Waals surface area contributed by atoms with Crippen molar-refractivity contribution in [3.8, 4) is 0 Å². The molecular weight excluding hydrogens is 297 g/mol. The molecule has 2 amide bonds. The van der Waals surface area contributed by atoms with E-state index < -0.39 is 5.91 Å². The fraction of sp³-hybridized carbons (Fsp3) is 0.176. The van der Waals surface area contributed by atoms with Gasteiger partial charge in [-0.3, -0.25) is 25.3 Å². The highest BCUT2D eigenvalue weighted by Crippen LogP contribution is 2.08. The van der Waals surface area contributed by atoms with Gasteiger partial charge in [-0.05, 0) is 25.2 Å². The van der Waals surface area contributed by atoms with Crippen molar-refractivity contribution in [3.63, 3.8) is 0 Å². The first kappa shape index (κ1) is 16.6. The molecular formula is C17H18FN3O2. The highest BCUT2D eigenvalue weighted by atomic mass is 19.1. The number of halogens is 1. The standard InChI is InChI=1S/C17H18FN3O2/c1-21(11-14-9-5-6-10-15(14)18)12-16(22)19-20-17(23)13-7-3-2-4-8-13/h2-10H,11-12H2,1H3,(H,19,22)(H,20,23). The Hall–Kier alpha value is -2.73. The Balaban J connectivity index is 1.78. The van der Waals surface area contributed by atoms with E-state index in [-0.39, 0.29) is 18.3 Å². The van der Waals surface area contributed by atoms with Gasteiger partial charge in [0.15, 0.2) is 0 Å². The van der Waals surface area contributed by atoms with Crippen LogP contribution < -0.4 is 10.9 Å². The van der Waals surface area contributed by atoms with Crippen LogP contribution in [0.2, 0.25) is 0 Å². The summed E-state index contributed by atoms with van der Waals surface area (Å²) in [5.74, 6) is -1.08. The van der Waals surface area contributed by atoms with Gasteiger partial charge in [-0.15, -0.1) is 0 Å². The number of rotatable bonds is 5. The van der Waals surface area contributed by atoms with E-state index in [1.807, 2.05) is 0 Å². The Morgan fingerprint density at radius 2 is 1.65 bits per heavy atom. The van der Waals surface area contributed by atoms with Crippen LogP contribution in [0.3, 0.4) is 0 Å². The van der Waals surface area contributed by atoms with Gasteiger partial charge in [0.1, 0.15) is 5.82 Å². The third-order valence-electron chi connectivity index (χ3n) is 3.16.